The van der Waals surface area contributed by atoms with Gasteiger partial charge in [-0.25, -0.2) is 0 Å². The van der Waals surface area contributed by atoms with Crippen LogP contribution in [0.4, 0.5) is 0 Å². The van der Waals surface area contributed by atoms with Gasteiger partial charge in [0.15, 0.2) is 5.75 Å². The average Bonchev–Trinajstić information content (AvgIpc) is 2.81. The number of hydrogen-bond acceptors (Lipinski definition) is 4. The topological polar surface area (TPSA) is 69.7 Å². The van der Waals surface area contributed by atoms with E-state index < -0.39 is 0 Å². The first kappa shape index (κ1) is 21.8. The molecule has 2 aromatic carbocycles. The monoisotopic (exact) mass is 413 g/mol. The van der Waals surface area contributed by atoms with Gasteiger partial charge in [0.1, 0.15) is 23.9 Å². The normalized spacial score (nSPS) is 11.5. The second-order valence-corrected chi connectivity index (χ2v) is 7.06. The van der Waals surface area contributed by atoms with Gasteiger partial charge in [0.05, 0.1) is 7.11 Å². The first-order valence-electron chi connectivity index (χ1n) is 9.93. The van der Waals surface area contributed by atoms with Gasteiger partial charge in [0, 0.05) is 24.4 Å². The maximum atomic E-state index is 6.21. The number of amidine groups is 1. The Kier molecular flexibility index (Phi) is 7.22. The van der Waals surface area contributed by atoms with Crippen LogP contribution in [0.1, 0.15) is 34.9 Å². The minimum atomic E-state index is 0.397. The number of aromatic nitrogens is 1. The van der Waals surface area contributed by atoms with Crippen molar-refractivity contribution in [1.82, 2.24) is 4.98 Å². The van der Waals surface area contributed by atoms with Gasteiger partial charge in [-0.3, -0.25) is 9.98 Å². The smallest absolute Gasteiger partial charge is 0.152 e. The molecule has 0 aliphatic carbocycles. The lowest BCUT2D eigenvalue weighted by Crippen LogP contribution is -2.12. The molecule has 0 bridgehead atoms. The molecular weight excluding hydrogens is 386 g/mol. The van der Waals surface area contributed by atoms with Gasteiger partial charge in [-0.1, -0.05) is 49.1 Å². The van der Waals surface area contributed by atoms with Crippen molar-refractivity contribution in [3.8, 4) is 11.5 Å². The first-order chi connectivity index (χ1) is 15.0. The molecule has 1 aromatic heterocycles. The summed E-state index contributed by atoms with van der Waals surface area (Å²) in [6, 6.07) is 17.6. The second kappa shape index (κ2) is 10.3. The number of ether oxygens (including phenoxy) is 2. The van der Waals surface area contributed by atoms with E-state index in [9.17, 15) is 0 Å². The molecule has 3 aromatic rings. The molecule has 3 rings (SSSR count). The summed E-state index contributed by atoms with van der Waals surface area (Å²) in [6.07, 6.45) is 5.70. The lowest BCUT2D eigenvalue weighted by atomic mass is 10.1. The van der Waals surface area contributed by atoms with Gasteiger partial charge < -0.3 is 15.2 Å². The Balaban J connectivity index is 1.87. The van der Waals surface area contributed by atoms with Gasteiger partial charge >= 0.3 is 0 Å². The molecule has 0 fully saturated rings. The number of benzene rings is 2. The summed E-state index contributed by atoms with van der Waals surface area (Å²) >= 11 is 0. The highest BCUT2D eigenvalue weighted by Gasteiger charge is 2.11. The predicted octanol–water partition coefficient (Wildman–Crippen LogP) is 5.21. The molecule has 31 heavy (non-hydrogen) atoms. The summed E-state index contributed by atoms with van der Waals surface area (Å²) in [5.74, 6) is 2.01. The van der Waals surface area contributed by atoms with Crippen molar-refractivity contribution in [2.24, 2.45) is 10.7 Å². The molecule has 5 nitrogen and oxygen atoms in total. The number of aliphatic imine (C=N–C) groups is 1. The molecule has 0 saturated carbocycles. The van der Waals surface area contributed by atoms with E-state index in [0.717, 1.165) is 39.3 Å². The highest BCUT2D eigenvalue weighted by atomic mass is 16.5. The minimum absolute atomic E-state index is 0.397. The average molecular weight is 414 g/mol. The van der Waals surface area contributed by atoms with Crippen LogP contribution in [-0.4, -0.2) is 25.0 Å². The van der Waals surface area contributed by atoms with Crippen LogP contribution < -0.4 is 15.2 Å². The molecule has 158 valence electrons. The number of rotatable bonds is 8. The fourth-order valence-electron chi connectivity index (χ4n) is 3.06. The zero-order valence-corrected chi connectivity index (χ0v) is 18.1. The first-order valence-corrected chi connectivity index (χ1v) is 9.93. The van der Waals surface area contributed by atoms with E-state index in [-0.39, 0.29) is 0 Å². The summed E-state index contributed by atoms with van der Waals surface area (Å²) in [4.78, 5) is 8.53. The van der Waals surface area contributed by atoms with E-state index in [1.165, 1.54) is 0 Å². The highest BCUT2D eigenvalue weighted by Crippen LogP contribution is 2.30. The van der Waals surface area contributed by atoms with Gasteiger partial charge in [-0.2, -0.15) is 0 Å². The van der Waals surface area contributed by atoms with Crippen LogP contribution in [0.15, 0.2) is 72.4 Å². The molecule has 0 unspecified atom stereocenters. The van der Waals surface area contributed by atoms with Gasteiger partial charge in [-0.15, -0.1) is 0 Å². The van der Waals surface area contributed by atoms with Gasteiger partial charge in [0.2, 0.25) is 0 Å². The minimum Gasteiger partial charge on any atom is -0.497 e. The third-order valence-corrected chi connectivity index (χ3v) is 4.79. The quantitative estimate of drug-likeness (QED) is 0.407. The van der Waals surface area contributed by atoms with Gasteiger partial charge in [-0.05, 0) is 47.9 Å². The number of allylic oxidation sites excluding steroid dienone is 1. The fraction of sp³-hybridized carbons (Fsp3) is 0.154. The summed E-state index contributed by atoms with van der Waals surface area (Å²) in [6.45, 7) is 6.44. The summed E-state index contributed by atoms with van der Waals surface area (Å²) < 4.78 is 11.5. The lowest BCUT2D eigenvalue weighted by molar-refractivity contribution is 0.302. The zero-order valence-electron chi connectivity index (χ0n) is 18.1. The van der Waals surface area contributed by atoms with Crippen molar-refractivity contribution >= 4 is 23.6 Å². The molecule has 0 radical (unpaired) electrons. The van der Waals surface area contributed by atoms with E-state index in [4.69, 9.17) is 15.2 Å². The number of methoxy groups -OCH3 is 1. The predicted molar refractivity (Wildman–Crippen MR) is 128 cm³/mol. The molecule has 2 N–H and O–H groups in total. The van der Waals surface area contributed by atoms with Crippen LogP contribution >= 0.6 is 0 Å². The van der Waals surface area contributed by atoms with Crippen LogP contribution in [0.25, 0.3) is 17.7 Å². The van der Waals surface area contributed by atoms with E-state index in [0.29, 0.717) is 18.2 Å². The number of pyridine rings is 1. The van der Waals surface area contributed by atoms with Crippen molar-refractivity contribution < 1.29 is 9.47 Å². The maximum Gasteiger partial charge on any atom is 0.152 e. The van der Waals surface area contributed by atoms with Crippen molar-refractivity contribution in [2.75, 3.05) is 14.2 Å². The van der Waals surface area contributed by atoms with Crippen molar-refractivity contribution in [1.29, 1.82) is 0 Å². The lowest BCUT2D eigenvalue weighted by Gasteiger charge is -2.14. The fourth-order valence-corrected chi connectivity index (χ4v) is 3.06. The Morgan fingerprint density at radius 3 is 2.58 bits per heavy atom. The number of nitrogens with two attached hydrogens (primary N) is 1. The molecule has 1 heterocycles. The molecule has 0 spiro atoms. The van der Waals surface area contributed by atoms with Crippen LogP contribution in [0.2, 0.25) is 0 Å². The third-order valence-electron chi connectivity index (χ3n) is 4.79. The molecule has 0 saturated heterocycles. The number of nitrogens with zero attached hydrogens (tertiary/aromatic N) is 2. The Bertz CT molecular complexity index is 1120. The van der Waals surface area contributed by atoms with Crippen LogP contribution in [0, 0.1) is 0 Å². The molecule has 0 aliphatic heterocycles. The van der Waals surface area contributed by atoms with Gasteiger partial charge in [0.25, 0.3) is 0 Å². The molecular formula is C26H27N3O2. The highest BCUT2D eigenvalue weighted by molar-refractivity contribution is 5.97. The van der Waals surface area contributed by atoms with Crippen molar-refractivity contribution in [3.63, 3.8) is 0 Å². The summed E-state index contributed by atoms with van der Waals surface area (Å²) in [7, 11) is 3.33. The van der Waals surface area contributed by atoms with Crippen molar-refractivity contribution in [3.05, 3.63) is 95.3 Å². The van der Waals surface area contributed by atoms with Crippen molar-refractivity contribution in [2.45, 2.75) is 13.5 Å². The SMILES string of the molecule is C=C(C)c1ccnc(/C=C/c2ccc(C(N)=NC)cc2)c1OCc1cccc(OC)c1. The molecule has 5 heteroatoms. The third kappa shape index (κ3) is 5.60. The zero-order chi connectivity index (χ0) is 22.2. The Hall–Kier alpha value is -3.86. The van der Waals surface area contributed by atoms with Crippen LogP contribution in [0.5, 0.6) is 11.5 Å². The second-order valence-electron chi connectivity index (χ2n) is 7.06. The van der Waals surface area contributed by atoms with Crippen LogP contribution in [-0.2, 0) is 6.61 Å². The van der Waals surface area contributed by atoms with E-state index >= 15 is 0 Å². The molecule has 0 amide bonds. The summed E-state index contributed by atoms with van der Waals surface area (Å²) in [5, 5.41) is 0. The van der Waals surface area contributed by atoms with E-state index in [1.54, 1.807) is 20.4 Å². The van der Waals surface area contributed by atoms with E-state index in [2.05, 4.69) is 16.6 Å². The standard InChI is InChI=1S/C26H27N3O2/c1-18(2)23-14-15-29-24(13-10-19-8-11-21(12-9-19)26(27)28-3)25(23)31-17-20-6-5-7-22(16-20)30-4/h5-16H,1,17H2,2-4H3,(H2,27,28)/b13-10+. The Labute approximate surface area is 183 Å². The van der Waals surface area contributed by atoms with Crippen LogP contribution in [0.3, 0.4) is 0 Å². The Morgan fingerprint density at radius 2 is 1.90 bits per heavy atom. The summed E-state index contributed by atoms with van der Waals surface area (Å²) in [5.41, 5.74) is 11.4. The molecule has 0 atom stereocenters. The number of hydrogen-bond donors (Lipinski definition) is 1. The Morgan fingerprint density at radius 1 is 1.13 bits per heavy atom. The maximum absolute atomic E-state index is 6.21. The largest absolute Gasteiger partial charge is 0.497 e. The molecule has 0 aliphatic rings. The van der Waals surface area contributed by atoms with E-state index in [1.807, 2.05) is 73.7 Å².